The van der Waals surface area contributed by atoms with Crippen LogP contribution in [-0.2, 0) is 19.4 Å². The van der Waals surface area contributed by atoms with Crippen LogP contribution in [0.3, 0.4) is 0 Å². The molecule has 1 saturated heterocycles. The van der Waals surface area contributed by atoms with Gasteiger partial charge in [0, 0.05) is 26.7 Å². The van der Waals surface area contributed by atoms with Crippen LogP contribution in [0.25, 0.3) is 0 Å². The Morgan fingerprint density at radius 3 is 2.41 bits per heavy atom. The molecule has 1 saturated carbocycles. The SMILES string of the molecule is CN=C(NCCC(=O)OC(C)(C)C)N1CCS(=O)(=O)C2(CCCCC2)C1.I. The second-order valence-electron chi connectivity index (χ2n) is 8.29. The first-order chi connectivity index (χ1) is 12.1. The standard InChI is InChI=1S/C18H33N3O4S.HI/c1-17(2,3)25-15(22)8-11-20-16(19-4)21-12-13-26(23,24)18(14-21)9-6-5-7-10-18;/h5-14H2,1-4H3,(H,19,20);1H. The fourth-order valence-electron chi connectivity index (χ4n) is 3.82. The number of guanidine groups is 1. The van der Waals surface area contributed by atoms with Crippen LogP contribution >= 0.6 is 24.0 Å². The molecule has 2 aliphatic rings. The zero-order chi connectivity index (χ0) is 19.4. The monoisotopic (exact) mass is 515 g/mol. The molecule has 0 aromatic rings. The Morgan fingerprint density at radius 2 is 1.85 bits per heavy atom. The van der Waals surface area contributed by atoms with Crippen molar-refractivity contribution in [2.45, 2.75) is 69.6 Å². The van der Waals surface area contributed by atoms with E-state index in [0.29, 0.717) is 25.6 Å². The maximum Gasteiger partial charge on any atom is 0.308 e. The van der Waals surface area contributed by atoms with E-state index in [1.54, 1.807) is 7.05 Å². The highest BCUT2D eigenvalue weighted by Gasteiger charge is 2.48. The van der Waals surface area contributed by atoms with Gasteiger partial charge in [0.15, 0.2) is 15.8 Å². The molecule has 1 N–H and O–H groups in total. The molecule has 0 atom stereocenters. The van der Waals surface area contributed by atoms with E-state index in [0.717, 1.165) is 32.1 Å². The van der Waals surface area contributed by atoms with Gasteiger partial charge in [0.2, 0.25) is 0 Å². The van der Waals surface area contributed by atoms with Gasteiger partial charge < -0.3 is 15.0 Å². The molecular weight excluding hydrogens is 481 g/mol. The predicted octanol–water partition coefficient (Wildman–Crippen LogP) is 2.34. The summed E-state index contributed by atoms with van der Waals surface area (Å²) in [6.07, 6.45) is 4.77. The summed E-state index contributed by atoms with van der Waals surface area (Å²) < 4.78 is 30.1. The first-order valence-electron chi connectivity index (χ1n) is 9.48. The molecule has 2 fully saturated rings. The van der Waals surface area contributed by atoms with Crippen LogP contribution in [0.5, 0.6) is 0 Å². The van der Waals surface area contributed by atoms with Crippen molar-refractivity contribution in [3.8, 4) is 0 Å². The Labute approximate surface area is 180 Å². The third-order valence-corrected chi connectivity index (χ3v) is 7.65. The van der Waals surface area contributed by atoms with E-state index in [2.05, 4.69) is 10.3 Å². The highest BCUT2D eigenvalue weighted by atomic mass is 127. The van der Waals surface area contributed by atoms with Gasteiger partial charge in [0.1, 0.15) is 5.60 Å². The van der Waals surface area contributed by atoms with Crippen LogP contribution in [0.1, 0.15) is 59.3 Å². The van der Waals surface area contributed by atoms with Crippen molar-refractivity contribution >= 4 is 45.7 Å². The molecule has 158 valence electrons. The fraction of sp³-hybridized carbons (Fsp3) is 0.889. The van der Waals surface area contributed by atoms with Gasteiger partial charge >= 0.3 is 5.97 Å². The summed E-state index contributed by atoms with van der Waals surface area (Å²) in [7, 11) is -1.39. The van der Waals surface area contributed by atoms with Crippen LogP contribution in [0.2, 0.25) is 0 Å². The molecular formula is C18H34IN3O4S. The van der Waals surface area contributed by atoms with Crippen molar-refractivity contribution in [1.82, 2.24) is 10.2 Å². The first kappa shape index (κ1) is 24.5. The molecule has 2 rings (SSSR count). The van der Waals surface area contributed by atoms with E-state index < -0.39 is 20.2 Å². The summed E-state index contributed by atoms with van der Waals surface area (Å²) in [5.74, 6) is 0.568. The number of ether oxygens (including phenoxy) is 1. The number of nitrogens with zero attached hydrogens (tertiary/aromatic N) is 2. The summed E-state index contributed by atoms with van der Waals surface area (Å²) in [6.45, 7) is 6.87. The summed E-state index contributed by atoms with van der Waals surface area (Å²) in [5, 5.41) is 3.19. The second kappa shape index (κ2) is 9.76. The van der Waals surface area contributed by atoms with Crippen molar-refractivity contribution in [3.63, 3.8) is 0 Å². The molecule has 0 unspecified atom stereocenters. The van der Waals surface area contributed by atoms with E-state index in [-0.39, 0.29) is 42.1 Å². The topological polar surface area (TPSA) is 88.1 Å². The van der Waals surface area contributed by atoms with E-state index >= 15 is 0 Å². The zero-order valence-corrected chi connectivity index (χ0v) is 20.1. The van der Waals surface area contributed by atoms with E-state index in [9.17, 15) is 13.2 Å². The largest absolute Gasteiger partial charge is 0.460 e. The molecule has 1 heterocycles. The number of carbonyl (C=O) groups excluding carboxylic acids is 1. The molecule has 0 amide bonds. The van der Waals surface area contributed by atoms with Crippen molar-refractivity contribution in [3.05, 3.63) is 0 Å². The van der Waals surface area contributed by atoms with Crippen molar-refractivity contribution in [2.24, 2.45) is 4.99 Å². The van der Waals surface area contributed by atoms with Gasteiger partial charge in [-0.1, -0.05) is 19.3 Å². The van der Waals surface area contributed by atoms with Crippen LogP contribution < -0.4 is 5.32 Å². The number of hydrogen-bond donors (Lipinski definition) is 1. The minimum absolute atomic E-state index is 0. The average Bonchev–Trinajstić information content (AvgIpc) is 2.54. The number of aliphatic imine (C=N–C) groups is 1. The minimum atomic E-state index is -3.07. The molecule has 0 aromatic carbocycles. The number of halogens is 1. The minimum Gasteiger partial charge on any atom is -0.460 e. The van der Waals surface area contributed by atoms with Gasteiger partial charge in [-0.05, 0) is 33.6 Å². The van der Waals surface area contributed by atoms with Gasteiger partial charge in [-0.15, -0.1) is 24.0 Å². The van der Waals surface area contributed by atoms with Crippen molar-refractivity contribution in [1.29, 1.82) is 0 Å². The van der Waals surface area contributed by atoms with E-state index in [1.807, 2.05) is 25.7 Å². The van der Waals surface area contributed by atoms with Crippen LogP contribution in [-0.4, -0.2) is 68.0 Å². The Hall–Kier alpha value is -0.580. The smallest absolute Gasteiger partial charge is 0.308 e. The van der Waals surface area contributed by atoms with Gasteiger partial charge in [-0.25, -0.2) is 8.42 Å². The molecule has 0 aromatic heterocycles. The number of carbonyl (C=O) groups is 1. The van der Waals surface area contributed by atoms with Crippen LogP contribution in [0.4, 0.5) is 0 Å². The molecule has 0 bridgehead atoms. The number of hydrogen-bond acceptors (Lipinski definition) is 5. The number of sulfone groups is 1. The predicted molar refractivity (Wildman–Crippen MR) is 118 cm³/mol. The second-order valence-corrected chi connectivity index (χ2v) is 10.8. The molecule has 27 heavy (non-hydrogen) atoms. The number of rotatable bonds is 3. The van der Waals surface area contributed by atoms with E-state index in [4.69, 9.17) is 4.74 Å². The number of esters is 1. The highest BCUT2D eigenvalue weighted by Crippen LogP contribution is 2.38. The maximum absolute atomic E-state index is 12.7. The lowest BCUT2D eigenvalue weighted by Crippen LogP contribution is -2.60. The van der Waals surface area contributed by atoms with Gasteiger partial charge in [-0.3, -0.25) is 9.79 Å². The Balaban J connectivity index is 0.00000364. The zero-order valence-electron chi connectivity index (χ0n) is 16.9. The van der Waals surface area contributed by atoms with Crippen LogP contribution in [0, 0.1) is 0 Å². The molecule has 1 spiro atoms. The first-order valence-corrected chi connectivity index (χ1v) is 11.1. The lowest BCUT2D eigenvalue weighted by atomic mass is 9.87. The third-order valence-electron chi connectivity index (χ3n) is 5.08. The summed E-state index contributed by atoms with van der Waals surface area (Å²) in [6, 6.07) is 0. The van der Waals surface area contributed by atoms with Crippen molar-refractivity contribution in [2.75, 3.05) is 32.4 Å². The van der Waals surface area contributed by atoms with Crippen LogP contribution in [0.15, 0.2) is 4.99 Å². The lowest BCUT2D eigenvalue weighted by molar-refractivity contribution is -0.154. The Morgan fingerprint density at radius 1 is 1.22 bits per heavy atom. The van der Waals surface area contributed by atoms with Gasteiger partial charge in [-0.2, -0.15) is 0 Å². The van der Waals surface area contributed by atoms with E-state index in [1.165, 1.54) is 0 Å². The summed E-state index contributed by atoms with van der Waals surface area (Å²) in [4.78, 5) is 18.2. The molecule has 7 nitrogen and oxygen atoms in total. The Bertz CT molecular complexity index is 637. The quantitative estimate of drug-likeness (QED) is 0.269. The molecule has 9 heteroatoms. The van der Waals surface area contributed by atoms with Crippen molar-refractivity contribution < 1.29 is 17.9 Å². The molecule has 1 aliphatic carbocycles. The molecule has 1 aliphatic heterocycles. The summed E-state index contributed by atoms with van der Waals surface area (Å²) in [5.41, 5.74) is -0.493. The summed E-state index contributed by atoms with van der Waals surface area (Å²) >= 11 is 0. The maximum atomic E-state index is 12.7. The Kier molecular flexibility index (Phi) is 8.84. The normalized spacial score (nSPS) is 22.1. The third kappa shape index (κ3) is 6.47. The van der Waals surface area contributed by atoms with Gasteiger partial charge in [0.05, 0.1) is 16.9 Å². The highest BCUT2D eigenvalue weighted by molar-refractivity contribution is 14.0. The van der Waals surface area contributed by atoms with Gasteiger partial charge in [0.25, 0.3) is 0 Å². The fourth-order valence-corrected chi connectivity index (χ4v) is 5.98. The lowest BCUT2D eigenvalue weighted by Gasteiger charge is -2.45. The number of nitrogens with one attached hydrogen (secondary N) is 1. The molecule has 0 radical (unpaired) electrons. The average molecular weight is 515 g/mol.